The third-order valence-corrected chi connectivity index (χ3v) is 2.68. The molecule has 0 bridgehead atoms. The van der Waals surface area contributed by atoms with E-state index in [2.05, 4.69) is 25.8 Å². The van der Waals surface area contributed by atoms with Crippen molar-refractivity contribution in [2.75, 3.05) is 0 Å². The van der Waals surface area contributed by atoms with Crippen LogP contribution < -0.4 is 20.7 Å². The maximum Gasteiger partial charge on any atom is 0.532 e. The van der Waals surface area contributed by atoms with Crippen LogP contribution in [0.3, 0.4) is 0 Å². The van der Waals surface area contributed by atoms with Crippen LogP contribution in [0.15, 0.2) is 26.4 Å². The molecule has 0 spiro atoms. The molecule has 0 aliphatic heterocycles. The maximum absolute atomic E-state index is 10.7. The molecule has 2 aromatic rings. The second-order valence-electron chi connectivity index (χ2n) is 1.74. The van der Waals surface area contributed by atoms with Crippen molar-refractivity contribution in [2.24, 2.45) is 0 Å². The summed E-state index contributed by atoms with van der Waals surface area (Å²) in [4.78, 5) is 30.9. The Bertz CT molecular complexity index is 448. The predicted molar refractivity (Wildman–Crippen MR) is 38.5 cm³/mol. The monoisotopic (exact) mass is 242 g/mol. The molecule has 11 heteroatoms. The zero-order chi connectivity index (χ0) is 10.1. The van der Waals surface area contributed by atoms with Gasteiger partial charge in [0.1, 0.15) is 0 Å². The van der Waals surface area contributed by atoms with E-state index in [9.17, 15) is 14.4 Å². The molecule has 0 aliphatic carbocycles. The lowest BCUT2D eigenvalue weighted by molar-refractivity contribution is 0.163. The van der Waals surface area contributed by atoms with Crippen molar-refractivity contribution in [1.82, 2.24) is 0 Å². The van der Waals surface area contributed by atoms with Gasteiger partial charge in [-0.1, -0.05) is 0 Å². The van der Waals surface area contributed by atoms with E-state index in [0.29, 0.717) is 0 Å². The first-order chi connectivity index (χ1) is 6.63. The van der Waals surface area contributed by atoms with Gasteiger partial charge in [0.25, 0.3) is 0 Å². The van der Waals surface area contributed by atoms with Crippen LogP contribution in [0.2, 0.25) is 0 Å². The van der Waals surface area contributed by atoms with Gasteiger partial charge in [0.15, 0.2) is 0 Å². The Balaban J connectivity index is 1.87. The summed E-state index contributed by atoms with van der Waals surface area (Å²) < 4.78 is 25.4. The fraction of sp³-hybridized carbons (Fsp3) is 0. The molecular formula is C3O9P2. The van der Waals surface area contributed by atoms with E-state index in [1.807, 2.05) is 0 Å². The van der Waals surface area contributed by atoms with E-state index in [1.165, 1.54) is 0 Å². The third-order valence-electron chi connectivity index (χ3n) is 0.894. The quantitative estimate of drug-likeness (QED) is 0.736. The van der Waals surface area contributed by atoms with Crippen LogP contribution in [-0.4, -0.2) is 6.16 Å². The lowest BCUT2D eigenvalue weighted by atomic mass is 11.5. The molecule has 0 unspecified atom stereocenters. The summed E-state index contributed by atoms with van der Waals surface area (Å²) in [6.07, 6.45) is -1.21. The fourth-order valence-electron chi connectivity index (χ4n) is 0.470. The number of hydrogen-bond donors (Lipinski definition) is 0. The van der Waals surface area contributed by atoms with Crippen LogP contribution in [0.25, 0.3) is 0 Å². The molecule has 0 aliphatic rings. The van der Waals surface area contributed by atoms with Gasteiger partial charge in [-0.15, -0.1) is 0 Å². The van der Waals surface area contributed by atoms with Crippen molar-refractivity contribution < 1.29 is 30.6 Å². The number of hydrogen-bond acceptors (Lipinski definition) is 9. The van der Waals surface area contributed by atoms with Gasteiger partial charge in [-0.05, 0) is 0 Å². The van der Waals surface area contributed by atoms with Crippen LogP contribution in [0.5, 0.6) is 0 Å². The number of carbonyl (C=O) groups is 1. The van der Waals surface area contributed by atoms with Crippen molar-refractivity contribution in [1.29, 1.82) is 0 Å². The Kier molecular flexibility index (Phi) is 2.11. The van der Waals surface area contributed by atoms with Gasteiger partial charge in [0, 0.05) is 0 Å². The molecule has 0 saturated carbocycles. The summed E-state index contributed by atoms with van der Waals surface area (Å²) in [7, 11) is -4.02. The van der Waals surface area contributed by atoms with Crippen LogP contribution in [0.1, 0.15) is 0 Å². The van der Waals surface area contributed by atoms with E-state index in [0.717, 1.165) is 0 Å². The summed E-state index contributed by atoms with van der Waals surface area (Å²) in [6.45, 7) is 0. The molecule has 2 rings (SSSR count). The Morgan fingerprint density at radius 2 is 1.29 bits per heavy atom. The SMILES string of the molecule is O=C(Op1oc(=O)o1)Op1oc(=O)o1. The molecule has 0 saturated heterocycles. The average molecular weight is 242 g/mol. The highest BCUT2D eigenvalue weighted by Gasteiger charge is 2.20. The summed E-state index contributed by atoms with van der Waals surface area (Å²) in [5.74, 6) is -1.86. The van der Waals surface area contributed by atoms with Gasteiger partial charge in [-0.2, -0.15) is 0 Å². The molecule has 9 nitrogen and oxygen atoms in total. The van der Waals surface area contributed by atoms with Crippen molar-refractivity contribution in [2.45, 2.75) is 0 Å². The van der Waals surface area contributed by atoms with Crippen LogP contribution in [-0.2, 0) is 0 Å². The largest absolute Gasteiger partial charge is 0.532 e. The number of rotatable bonds is 2. The minimum absolute atomic E-state index is 0.930. The summed E-state index contributed by atoms with van der Waals surface area (Å²) in [6, 6.07) is 0. The Hall–Kier alpha value is -1.59. The van der Waals surface area contributed by atoms with Gasteiger partial charge in [-0.25, -0.2) is 14.4 Å². The van der Waals surface area contributed by atoms with E-state index in [-0.39, 0.29) is 0 Å². The highest BCUT2D eigenvalue weighted by Crippen LogP contribution is 2.25. The molecule has 2 aromatic heterocycles. The molecule has 2 heterocycles. The Morgan fingerprint density at radius 1 is 0.929 bits per heavy atom. The standard InChI is InChI=1S/C3O9P2/c4-1-7-13(8-1)11-3(6)12-14-9-2(5)10-14. The van der Waals surface area contributed by atoms with Crippen LogP contribution >= 0.6 is 16.5 Å². The predicted octanol–water partition coefficient (Wildman–Crippen LogP) is 0.430. The molecular weight excluding hydrogens is 242 g/mol. The Labute approximate surface area is 75.4 Å². The van der Waals surface area contributed by atoms with Crippen molar-refractivity contribution in [3.8, 4) is 0 Å². The second-order valence-corrected chi connectivity index (χ2v) is 3.73. The molecule has 76 valence electrons. The van der Waals surface area contributed by atoms with E-state index < -0.39 is 34.3 Å². The number of carbonyl (C=O) groups excluding carboxylic acids is 1. The first kappa shape index (κ1) is 8.98. The van der Waals surface area contributed by atoms with Gasteiger partial charge >= 0.3 is 34.3 Å². The highest BCUT2D eigenvalue weighted by atomic mass is 31.1. The van der Waals surface area contributed by atoms with Gasteiger partial charge in [0.05, 0.1) is 0 Å². The maximum atomic E-state index is 10.7. The van der Waals surface area contributed by atoms with Crippen molar-refractivity contribution in [3.05, 3.63) is 21.2 Å². The fourth-order valence-corrected chi connectivity index (χ4v) is 1.51. The zero-order valence-corrected chi connectivity index (χ0v) is 7.86. The summed E-state index contributed by atoms with van der Waals surface area (Å²) >= 11 is 0. The molecule has 14 heavy (non-hydrogen) atoms. The van der Waals surface area contributed by atoms with Crippen LogP contribution in [0.4, 0.5) is 4.79 Å². The van der Waals surface area contributed by atoms with Crippen molar-refractivity contribution >= 4 is 22.6 Å². The Morgan fingerprint density at radius 3 is 1.57 bits per heavy atom. The van der Waals surface area contributed by atoms with Gasteiger partial charge in [0.2, 0.25) is 0 Å². The van der Waals surface area contributed by atoms with E-state index in [1.54, 1.807) is 0 Å². The molecule has 0 amide bonds. The van der Waals surface area contributed by atoms with Crippen molar-refractivity contribution in [3.63, 3.8) is 0 Å². The lowest BCUT2D eigenvalue weighted by Gasteiger charge is -2.00. The third kappa shape index (κ3) is 1.84. The molecule has 0 radical (unpaired) electrons. The normalized spacial score (nSPS) is 10.3. The molecule has 0 aromatic carbocycles. The average Bonchev–Trinajstić information content (AvgIpc) is 1.98. The zero-order valence-electron chi connectivity index (χ0n) is 6.07. The smallest absolute Gasteiger partial charge is 0.321 e. The van der Waals surface area contributed by atoms with Gasteiger partial charge < -0.3 is 25.8 Å². The first-order valence-electron chi connectivity index (χ1n) is 2.93. The second kappa shape index (κ2) is 3.28. The minimum Gasteiger partial charge on any atom is -0.321 e. The minimum atomic E-state index is -2.01. The van der Waals surface area contributed by atoms with Crippen LogP contribution in [0, 0.1) is 0 Å². The van der Waals surface area contributed by atoms with Gasteiger partial charge in [-0.3, -0.25) is 0 Å². The molecule has 0 N–H and O–H groups in total. The topological polar surface area (TPSA) is 122 Å². The lowest BCUT2D eigenvalue weighted by Crippen LogP contribution is -2.15. The van der Waals surface area contributed by atoms with E-state index in [4.69, 9.17) is 0 Å². The first-order valence-corrected chi connectivity index (χ1v) is 5.12. The summed E-state index contributed by atoms with van der Waals surface area (Å²) in [5, 5.41) is 0. The highest BCUT2D eigenvalue weighted by molar-refractivity contribution is 7.34. The summed E-state index contributed by atoms with van der Waals surface area (Å²) in [5.41, 5.74) is 0. The molecule has 0 atom stereocenters. The molecule has 0 fully saturated rings. The van der Waals surface area contributed by atoms with E-state index >= 15 is 0 Å².